The van der Waals surface area contributed by atoms with E-state index < -0.39 is 11.4 Å². The molecule has 2 fully saturated rings. The molecule has 1 atom stereocenters. The van der Waals surface area contributed by atoms with E-state index in [-0.39, 0.29) is 5.91 Å². The van der Waals surface area contributed by atoms with Gasteiger partial charge in [0.25, 0.3) is 5.91 Å². The lowest BCUT2D eigenvalue weighted by atomic mass is 9.75. The number of piperidine rings is 1. The average molecular weight is 293 g/mol. The summed E-state index contributed by atoms with van der Waals surface area (Å²) in [7, 11) is 0. The number of rotatable bonds is 4. The number of carboxylic acids is 1. The van der Waals surface area contributed by atoms with Gasteiger partial charge in [-0.1, -0.05) is 18.9 Å². The maximum absolute atomic E-state index is 12.4. The van der Waals surface area contributed by atoms with Crippen LogP contribution in [-0.2, 0) is 4.79 Å². The van der Waals surface area contributed by atoms with Crippen LogP contribution >= 0.6 is 11.3 Å². The number of carbonyl (C=O) groups excluding carboxylic acids is 1. The van der Waals surface area contributed by atoms with Crippen molar-refractivity contribution in [3.05, 3.63) is 22.4 Å². The summed E-state index contributed by atoms with van der Waals surface area (Å²) in [6.07, 6.45) is 4.52. The predicted molar refractivity (Wildman–Crippen MR) is 76.9 cm³/mol. The van der Waals surface area contributed by atoms with Crippen LogP contribution in [0.25, 0.3) is 0 Å². The second-order valence-electron chi connectivity index (χ2n) is 6.04. The summed E-state index contributed by atoms with van der Waals surface area (Å²) in [5.41, 5.74) is -0.716. The number of likely N-dealkylation sites (tertiary alicyclic amines) is 1. The van der Waals surface area contributed by atoms with E-state index >= 15 is 0 Å². The summed E-state index contributed by atoms with van der Waals surface area (Å²) in [5, 5.41) is 11.5. The molecule has 1 aliphatic heterocycles. The predicted octanol–water partition coefficient (Wildman–Crippen LogP) is 2.86. The van der Waals surface area contributed by atoms with E-state index in [9.17, 15) is 14.7 Å². The van der Waals surface area contributed by atoms with Crippen LogP contribution in [0.2, 0.25) is 0 Å². The number of aliphatic carboxylic acids is 1. The first-order valence-electron chi connectivity index (χ1n) is 7.17. The quantitative estimate of drug-likeness (QED) is 0.928. The lowest BCUT2D eigenvalue weighted by Gasteiger charge is -2.40. The molecule has 1 N–H and O–H groups in total. The van der Waals surface area contributed by atoms with Crippen LogP contribution in [0.3, 0.4) is 0 Å². The number of carbonyl (C=O) groups is 2. The van der Waals surface area contributed by atoms with E-state index in [0.717, 1.165) is 25.7 Å². The Labute approximate surface area is 122 Å². The molecule has 1 saturated heterocycles. The Hall–Kier alpha value is -1.36. The number of hydrogen-bond acceptors (Lipinski definition) is 3. The fraction of sp³-hybridized carbons (Fsp3) is 0.600. The summed E-state index contributed by atoms with van der Waals surface area (Å²) < 4.78 is 0. The molecule has 0 aromatic carbocycles. The minimum absolute atomic E-state index is 0.0129. The second kappa shape index (κ2) is 5.20. The molecule has 0 radical (unpaired) electrons. The summed E-state index contributed by atoms with van der Waals surface area (Å²) in [6.45, 7) is 1.05. The molecule has 20 heavy (non-hydrogen) atoms. The zero-order valence-electron chi connectivity index (χ0n) is 11.4. The average Bonchev–Trinajstić information content (AvgIpc) is 3.08. The molecule has 0 bridgehead atoms. The molecule has 2 aliphatic rings. The van der Waals surface area contributed by atoms with Crippen LogP contribution in [0.4, 0.5) is 0 Å². The summed E-state index contributed by atoms with van der Waals surface area (Å²) in [5.74, 6) is -0.183. The third kappa shape index (κ3) is 2.59. The van der Waals surface area contributed by atoms with Gasteiger partial charge in [-0.15, -0.1) is 11.3 Å². The Bertz CT molecular complexity index is 509. The zero-order valence-corrected chi connectivity index (χ0v) is 12.2. The van der Waals surface area contributed by atoms with Gasteiger partial charge in [0.15, 0.2) is 0 Å². The molecule has 2 heterocycles. The molecule has 108 valence electrons. The minimum Gasteiger partial charge on any atom is -0.481 e. The van der Waals surface area contributed by atoms with E-state index in [1.54, 1.807) is 4.90 Å². The van der Waals surface area contributed by atoms with Gasteiger partial charge >= 0.3 is 5.97 Å². The normalized spacial score (nSPS) is 26.5. The van der Waals surface area contributed by atoms with Crippen LogP contribution in [0.15, 0.2) is 17.5 Å². The first kappa shape index (κ1) is 13.6. The van der Waals surface area contributed by atoms with Crippen LogP contribution in [-0.4, -0.2) is 35.0 Å². The molecular weight excluding hydrogens is 274 g/mol. The molecule has 4 nitrogen and oxygen atoms in total. The second-order valence-corrected chi connectivity index (χ2v) is 6.99. The lowest BCUT2D eigenvalue weighted by molar-refractivity contribution is -0.152. The SMILES string of the molecule is O=C(c1cccs1)N1CCCC(CC2CC2)(C(=O)O)C1. The molecule has 0 spiro atoms. The van der Waals surface area contributed by atoms with Crippen molar-refractivity contribution in [1.82, 2.24) is 4.90 Å². The van der Waals surface area contributed by atoms with Crippen molar-refractivity contribution in [2.75, 3.05) is 13.1 Å². The molecule has 1 amide bonds. The number of carboxylic acid groups (broad SMARTS) is 1. The Kier molecular flexibility index (Phi) is 3.54. The van der Waals surface area contributed by atoms with Gasteiger partial charge in [0.1, 0.15) is 0 Å². The maximum Gasteiger partial charge on any atom is 0.311 e. The van der Waals surface area contributed by atoms with Crippen molar-refractivity contribution in [2.45, 2.75) is 32.1 Å². The molecule has 1 aromatic heterocycles. The molecule has 1 aromatic rings. The summed E-state index contributed by atoms with van der Waals surface area (Å²) in [6, 6.07) is 3.67. The van der Waals surface area contributed by atoms with Gasteiger partial charge in [0, 0.05) is 13.1 Å². The maximum atomic E-state index is 12.4. The number of thiophene rings is 1. The number of hydrogen-bond donors (Lipinski definition) is 1. The number of amides is 1. The molecule has 5 heteroatoms. The van der Waals surface area contributed by atoms with Crippen molar-refractivity contribution < 1.29 is 14.7 Å². The van der Waals surface area contributed by atoms with Crippen LogP contribution in [0, 0.1) is 11.3 Å². The van der Waals surface area contributed by atoms with E-state index in [0.29, 0.717) is 30.3 Å². The van der Waals surface area contributed by atoms with Crippen molar-refractivity contribution in [3.8, 4) is 0 Å². The van der Waals surface area contributed by atoms with E-state index in [2.05, 4.69) is 0 Å². The smallest absolute Gasteiger partial charge is 0.311 e. The molecule has 1 saturated carbocycles. The van der Waals surface area contributed by atoms with Gasteiger partial charge in [-0.3, -0.25) is 9.59 Å². The Balaban J connectivity index is 1.77. The highest BCUT2D eigenvalue weighted by Gasteiger charge is 2.46. The summed E-state index contributed by atoms with van der Waals surface area (Å²) in [4.78, 5) is 26.6. The van der Waals surface area contributed by atoms with E-state index in [4.69, 9.17) is 0 Å². The van der Waals surface area contributed by atoms with Crippen molar-refractivity contribution in [1.29, 1.82) is 0 Å². The van der Waals surface area contributed by atoms with Crippen LogP contribution in [0.1, 0.15) is 41.8 Å². The fourth-order valence-electron chi connectivity index (χ4n) is 3.16. The van der Waals surface area contributed by atoms with E-state index in [1.165, 1.54) is 11.3 Å². The highest BCUT2D eigenvalue weighted by atomic mass is 32.1. The van der Waals surface area contributed by atoms with Crippen molar-refractivity contribution >= 4 is 23.2 Å². The Morgan fingerprint density at radius 3 is 2.85 bits per heavy atom. The summed E-state index contributed by atoms with van der Waals surface area (Å²) >= 11 is 1.42. The van der Waals surface area contributed by atoms with Gasteiger partial charge in [0.2, 0.25) is 0 Å². The van der Waals surface area contributed by atoms with Crippen LogP contribution in [0.5, 0.6) is 0 Å². The van der Waals surface area contributed by atoms with Crippen molar-refractivity contribution in [3.63, 3.8) is 0 Å². The molecule has 1 unspecified atom stereocenters. The molecular formula is C15H19NO3S. The Morgan fingerprint density at radius 1 is 1.45 bits per heavy atom. The zero-order chi connectivity index (χ0) is 14.2. The topological polar surface area (TPSA) is 57.6 Å². The van der Waals surface area contributed by atoms with Crippen molar-refractivity contribution in [2.24, 2.45) is 11.3 Å². The highest BCUT2D eigenvalue weighted by Crippen LogP contribution is 2.45. The highest BCUT2D eigenvalue weighted by molar-refractivity contribution is 7.12. The van der Waals surface area contributed by atoms with Gasteiger partial charge in [-0.05, 0) is 36.6 Å². The van der Waals surface area contributed by atoms with Gasteiger partial charge in [-0.25, -0.2) is 0 Å². The third-order valence-electron chi connectivity index (χ3n) is 4.43. The van der Waals surface area contributed by atoms with Gasteiger partial charge in [-0.2, -0.15) is 0 Å². The minimum atomic E-state index is -0.729. The first-order chi connectivity index (χ1) is 9.61. The molecule has 3 rings (SSSR count). The third-order valence-corrected chi connectivity index (χ3v) is 5.28. The fourth-order valence-corrected chi connectivity index (χ4v) is 3.86. The largest absolute Gasteiger partial charge is 0.481 e. The Morgan fingerprint density at radius 2 is 2.25 bits per heavy atom. The van der Waals surface area contributed by atoms with Crippen LogP contribution < -0.4 is 0 Å². The molecule has 1 aliphatic carbocycles. The monoisotopic (exact) mass is 293 g/mol. The number of nitrogens with zero attached hydrogens (tertiary/aromatic N) is 1. The van der Waals surface area contributed by atoms with Gasteiger partial charge < -0.3 is 10.0 Å². The van der Waals surface area contributed by atoms with Gasteiger partial charge in [0.05, 0.1) is 10.3 Å². The standard InChI is InChI=1S/C15H19NO3S/c17-13(12-3-1-8-20-12)16-7-2-6-15(10-16,14(18)19)9-11-4-5-11/h1,3,8,11H,2,4-7,9-10H2,(H,18,19). The lowest BCUT2D eigenvalue weighted by Crippen LogP contribution is -2.50. The first-order valence-corrected chi connectivity index (χ1v) is 8.05. The van der Waals surface area contributed by atoms with E-state index in [1.807, 2.05) is 17.5 Å².